The van der Waals surface area contributed by atoms with E-state index < -0.39 is 23.3 Å². The van der Waals surface area contributed by atoms with Crippen LogP contribution in [-0.2, 0) is 9.59 Å². The van der Waals surface area contributed by atoms with E-state index in [1.807, 2.05) is 0 Å². The van der Waals surface area contributed by atoms with E-state index in [0.29, 0.717) is 6.42 Å². The fraction of sp³-hybridized carbons (Fsp3) is 0.793. The van der Waals surface area contributed by atoms with Crippen LogP contribution in [0.4, 0.5) is 0 Å². The third-order valence-electron chi connectivity index (χ3n) is 7.41. The third-order valence-corrected chi connectivity index (χ3v) is 7.41. The van der Waals surface area contributed by atoms with Gasteiger partial charge in [-0.1, -0.05) is 148 Å². The lowest BCUT2D eigenvalue weighted by Crippen LogP contribution is -2.38. The van der Waals surface area contributed by atoms with Crippen molar-refractivity contribution in [1.29, 1.82) is 0 Å². The molecule has 0 fully saturated rings. The van der Waals surface area contributed by atoms with Gasteiger partial charge >= 0.3 is 11.9 Å². The average Bonchev–Trinajstić information content (AvgIpc) is 2.77. The van der Waals surface area contributed by atoms with E-state index in [9.17, 15) is 19.8 Å². The van der Waals surface area contributed by atoms with E-state index in [1.54, 1.807) is 25.2 Å². The van der Waals surface area contributed by atoms with Crippen molar-refractivity contribution in [1.82, 2.24) is 0 Å². The van der Waals surface area contributed by atoms with Crippen LogP contribution in [-0.4, -0.2) is 22.2 Å². The van der Waals surface area contributed by atoms with Gasteiger partial charge in [0.2, 0.25) is 0 Å². The average molecular weight is 463 g/mol. The molecule has 0 saturated carbocycles. The summed E-state index contributed by atoms with van der Waals surface area (Å²) < 4.78 is 0. The quantitative estimate of drug-likeness (QED) is 0.167. The first-order valence-electron chi connectivity index (χ1n) is 13.8. The van der Waals surface area contributed by atoms with Crippen molar-refractivity contribution in [3.05, 3.63) is 23.8 Å². The Morgan fingerprint density at radius 1 is 0.727 bits per heavy atom. The number of hydrogen-bond acceptors (Lipinski definition) is 2. The largest absolute Gasteiger partial charge is 0.481 e. The van der Waals surface area contributed by atoms with Crippen LogP contribution in [0.15, 0.2) is 23.8 Å². The number of carboxylic acid groups (broad SMARTS) is 2. The topological polar surface area (TPSA) is 74.6 Å². The van der Waals surface area contributed by atoms with Crippen molar-refractivity contribution in [2.45, 2.75) is 136 Å². The Morgan fingerprint density at radius 3 is 1.48 bits per heavy atom. The van der Waals surface area contributed by atoms with Crippen molar-refractivity contribution in [2.75, 3.05) is 0 Å². The maximum atomic E-state index is 11.7. The van der Waals surface area contributed by atoms with Gasteiger partial charge in [-0.25, -0.2) is 4.79 Å². The zero-order valence-electron chi connectivity index (χ0n) is 21.5. The van der Waals surface area contributed by atoms with Crippen LogP contribution < -0.4 is 0 Å². The lowest BCUT2D eigenvalue weighted by molar-refractivity contribution is -0.144. The van der Waals surface area contributed by atoms with Crippen LogP contribution in [0.25, 0.3) is 0 Å². The Morgan fingerprint density at radius 2 is 1.12 bits per heavy atom. The molecular weight excluding hydrogens is 412 g/mol. The number of carbonyl (C=O) groups is 2. The highest BCUT2D eigenvalue weighted by Gasteiger charge is 2.44. The predicted octanol–water partition coefficient (Wildman–Crippen LogP) is 8.71. The second-order valence-corrected chi connectivity index (χ2v) is 10.3. The van der Waals surface area contributed by atoms with Gasteiger partial charge in [-0.15, -0.1) is 0 Å². The van der Waals surface area contributed by atoms with Crippen molar-refractivity contribution < 1.29 is 19.8 Å². The lowest BCUT2D eigenvalue weighted by Gasteiger charge is -2.36. The smallest absolute Gasteiger partial charge is 0.332 e. The summed E-state index contributed by atoms with van der Waals surface area (Å²) in [6.45, 7) is 4.07. The van der Waals surface area contributed by atoms with Gasteiger partial charge < -0.3 is 10.2 Å². The summed E-state index contributed by atoms with van der Waals surface area (Å²) in [5.41, 5.74) is -0.606. The van der Waals surface area contributed by atoms with Crippen molar-refractivity contribution >= 4 is 11.9 Å². The highest BCUT2D eigenvalue weighted by molar-refractivity contribution is 5.91. The van der Waals surface area contributed by atoms with Crippen LogP contribution in [0.1, 0.15) is 136 Å². The van der Waals surface area contributed by atoms with Gasteiger partial charge in [-0.2, -0.15) is 0 Å². The number of rotatable bonds is 21. The molecule has 0 radical (unpaired) electrons. The first-order valence-corrected chi connectivity index (χ1v) is 13.8. The maximum absolute atomic E-state index is 11.7. The molecule has 190 valence electrons. The molecule has 1 rings (SSSR count). The zero-order valence-corrected chi connectivity index (χ0v) is 21.5. The molecule has 0 amide bonds. The fourth-order valence-corrected chi connectivity index (χ4v) is 5.19. The number of aliphatic carboxylic acids is 2. The van der Waals surface area contributed by atoms with E-state index in [0.717, 1.165) is 19.3 Å². The van der Waals surface area contributed by atoms with Crippen LogP contribution in [0, 0.1) is 11.3 Å². The molecule has 1 aliphatic rings. The lowest BCUT2D eigenvalue weighted by atomic mass is 9.66. The molecule has 2 atom stereocenters. The van der Waals surface area contributed by atoms with Crippen LogP contribution >= 0.6 is 0 Å². The van der Waals surface area contributed by atoms with Crippen LogP contribution in [0.3, 0.4) is 0 Å². The standard InChI is InChI=1S/C29H50O4/c1-3-4-5-6-7-8-9-10-11-12-13-14-15-16-17-18-19-20-24-29(2)25(27(30)31)22-21-23-26(29)28(32)33/h21-23,25H,3-20,24H2,1-2H3,(H,30,31)(H,32,33). The molecule has 4 nitrogen and oxygen atoms in total. The Bertz CT molecular complexity index is 607. The molecular formula is C29H50O4. The Kier molecular flexibility index (Phi) is 15.9. The summed E-state index contributed by atoms with van der Waals surface area (Å²) in [4.78, 5) is 23.3. The van der Waals surface area contributed by atoms with Crippen molar-refractivity contribution in [3.8, 4) is 0 Å². The minimum atomic E-state index is -1.00. The van der Waals surface area contributed by atoms with Crippen LogP contribution in [0.5, 0.6) is 0 Å². The maximum Gasteiger partial charge on any atom is 0.332 e. The Labute approximate surface area is 202 Å². The molecule has 2 unspecified atom stereocenters. The second-order valence-electron chi connectivity index (χ2n) is 10.3. The second kappa shape index (κ2) is 17.8. The molecule has 0 spiro atoms. The minimum absolute atomic E-state index is 0.226. The molecule has 0 aromatic heterocycles. The monoisotopic (exact) mass is 462 g/mol. The highest BCUT2D eigenvalue weighted by atomic mass is 16.4. The summed E-state index contributed by atoms with van der Waals surface area (Å²) >= 11 is 0. The molecule has 33 heavy (non-hydrogen) atoms. The van der Waals surface area contributed by atoms with Gasteiger partial charge in [-0.05, 0) is 6.42 Å². The number of carboxylic acids is 2. The Hall–Kier alpha value is -1.58. The molecule has 0 aromatic carbocycles. The van der Waals surface area contributed by atoms with Crippen molar-refractivity contribution in [2.24, 2.45) is 11.3 Å². The first-order chi connectivity index (χ1) is 15.9. The van der Waals surface area contributed by atoms with Gasteiger partial charge in [0.05, 0.1) is 5.92 Å². The van der Waals surface area contributed by atoms with E-state index in [4.69, 9.17) is 0 Å². The zero-order chi connectivity index (χ0) is 24.4. The third kappa shape index (κ3) is 11.9. The van der Waals surface area contributed by atoms with Gasteiger partial charge in [-0.3, -0.25) is 4.79 Å². The van der Waals surface area contributed by atoms with E-state index >= 15 is 0 Å². The molecule has 2 N–H and O–H groups in total. The molecule has 1 aliphatic carbocycles. The van der Waals surface area contributed by atoms with Gasteiger partial charge in [0, 0.05) is 11.0 Å². The molecule has 0 heterocycles. The van der Waals surface area contributed by atoms with Gasteiger partial charge in [0.25, 0.3) is 0 Å². The molecule has 0 aliphatic heterocycles. The van der Waals surface area contributed by atoms with E-state index in [-0.39, 0.29) is 5.57 Å². The molecule has 0 bridgehead atoms. The SMILES string of the molecule is CCCCCCCCCCCCCCCCCCCCC1(C)C(C(=O)O)=CC=CC1C(=O)O. The van der Waals surface area contributed by atoms with Gasteiger partial charge in [0.1, 0.15) is 0 Å². The summed E-state index contributed by atoms with van der Waals surface area (Å²) in [6.07, 6.45) is 29.0. The fourth-order valence-electron chi connectivity index (χ4n) is 5.19. The number of hydrogen-bond donors (Lipinski definition) is 2. The number of unbranched alkanes of at least 4 members (excludes halogenated alkanes) is 17. The number of allylic oxidation sites excluding steroid dienone is 2. The van der Waals surface area contributed by atoms with Crippen molar-refractivity contribution in [3.63, 3.8) is 0 Å². The Balaban J connectivity index is 2.01. The molecule has 4 heteroatoms. The molecule has 0 saturated heterocycles. The summed E-state index contributed by atoms with van der Waals surface area (Å²) in [7, 11) is 0. The van der Waals surface area contributed by atoms with Gasteiger partial charge in [0.15, 0.2) is 0 Å². The molecule has 0 aromatic rings. The highest BCUT2D eigenvalue weighted by Crippen LogP contribution is 2.44. The van der Waals surface area contributed by atoms with Crippen LogP contribution in [0.2, 0.25) is 0 Å². The summed E-state index contributed by atoms with van der Waals surface area (Å²) in [5, 5.41) is 19.1. The van der Waals surface area contributed by atoms with E-state index in [1.165, 1.54) is 96.3 Å². The normalized spacial score (nSPS) is 20.1. The summed E-state index contributed by atoms with van der Waals surface area (Å²) in [6, 6.07) is 0. The minimum Gasteiger partial charge on any atom is -0.481 e. The summed E-state index contributed by atoms with van der Waals surface area (Å²) in [5.74, 6) is -2.71. The first kappa shape index (κ1) is 29.5. The predicted molar refractivity (Wildman–Crippen MR) is 137 cm³/mol. The van der Waals surface area contributed by atoms with E-state index in [2.05, 4.69) is 6.92 Å².